The topological polar surface area (TPSA) is 84.3 Å². The number of fused-ring (bicyclic) bond motifs is 1. The van der Waals surface area contributed by atoms with E-state index in [9.17, 15) is 4.79 Å². The first-order valence-corrected chi connectivity index (χ1v) is 8.89. The maximum atomic E-state index is 12.1. The van der Waals surface area contributed by atoms with E-state index in [4.69, 9.17) is 4.74 Å². The minimum absolute atomic E-state index is 0.149. The smallest absolute Gasteiger partial charge is 0.315 e. The standard InChI is InChI=1S/C16H28N6O2/c1-12(2)13(21-6-8-24-9-7-21)10-17-16(23)18-11-15-20-19-14-4-3-5-22(14)15/h12-13H,3-11H2,1-2H3,(H2,17,18,23). The second kappa shape index (κ2) is 7.94. The number of morpholine rings is 1. The summed E-state index contributed by atoms with van der Waals surface area (Å²) in [4.78, 5) is 14.5. The summed E-state index contributed by atoms with van der Waals surface area (Å²) < 4.78 is 7.52. The number of nitrogens with zero attached hydrogens (tertiary/aromatic N) is 4. The molecule has 3 heterocycles. The van der Waals surface area contributed by atoms with E-state index in [0.29, 0.717) is 25.0 Å². The quantitative estimate of drug-likeness (QED) is 0.785. The Hall–Kier alpha value is -1.67. The summed E-state index contributed by atoms with van der Waals surface area (Å²) in [5.41, 5.74) is 0. The number of nitrogens with one attached hydrogen (secondary N) is 2. The van der Waals surface area contributed by atoms with E-state index in [0.717, 1.165) is 57.3 Å². The first-order valence-electron chi connectivity index (χ1n) is 8.89. The lowest BCUT2D eigenvalue weighted by atomic mass is 10.0. The molecule has 0 bridgehead atoms. The van der Waals surface area contributed by atoms with Gasteiger partial charge in [-0.15, -0.1) is 10.2 Å². The summed E-state index contributed by atoms with van der Waals surface area (Å²) in [5, 5.41) is 14.2. The van der Waals surface area contributed by atoms with Gasteiger partial charge in [-0.3, -0.25) is 4.90 Å². The van der Waals surface area contributed by atoms with Gasteiger partial charge in [0.15, 0.2) is 5.82 Å². The number of hydrogen-bond acceptors (Lipinski definition) is 5. The van der Waals surface area contributed by atoms with E-state index in [1.165, 1.54) is 0 Å². The van der Waals surface area contributed by atoms with Gasteiger partial charge in [0.05, 0.1) is 19.8 Å². The minimum atomic E-state index is -0.149. The molecular weight excluding hydrogens is 308 g/mol. The summed E-state index contributed by atoms with van der Waals surface area (Å²) in [5.74, 6) is 2.34. The number of ether oxygens (including phenoxy) is 1. The van der Waals surface area contributed by atoms with Crippen molar-refractivity contribution in [2.24, 2.45) is 5.92 Å². The van der Waals surface area contributed by atoms with Crippen molar-refractivity contribution in [3.8, 4) is 0 Å². The molecule has 24 heavy (non-hydrogen) atoms. The SMILES string of the molecule is CC(C)C(CNC(=O)NCc1nnc2n1CCC2)N1CCOCC1. The van der Waals surface area contributed by atoms with Crippen LogP contribution >= 0.6 is 0 Å². The van der Waals surface area contributed by atoms with E-state index in [-0.39, 0.29) is 6.03 Å². The molecule has 1 fully saturated rings. The third kappa shape index (κ3) is 4.05. The van der Waals surface area contributed by atoms with Gasteiger partial charge in [-0.1, -0.05) is 13.8 Å². The molecule has 2 amide bonds. The van der Waals surface area contributed by atoms with Crippen molar-refractivity contribution in [3.63, 3.8) is 0 Å². The van der Waals surface area contributed by atoms with Gasteiger partial charge < -0.3 is 19.9 Å². The number of urea groups is 1. The summed E-state index contributed by atoms with van der Waals surface area (Å²) in [6, 6.07) is 0.182. The molecule has 2 aliphatic heterocycles. The molecule has 0 saturated carbocycles. The maximum absolute atomic E-state index is 12.1. The second-order valence-corrected chi connectivity index (χ2v) is 6.81. The molecule has 1 unspecified atom stereocenters. The molecular formula is C16H28N6O2. The minimum Gasteiger partial charge on any atom is -0.379 e. The summed E-state index contributed by atoms with van der Waals surface area (Å²) in [6.07, 6.45) is 2.09. The van der Waals surface area contributed by atoms with Crippen LogP contribution in [-0.2, 0) is 24.2 Å². The number of carbonyl (C=O) groups excluding carboxylic acids is 1. The molecule has 1 aromatic heterocycles. The molecule has 0 spiro atoms. The van der Waals surface area contributed by atoms with E-state index >= 15 is 0 Å². The van der Waals surface area contributed by atoms with Crippen molar-refractivity contribution < 1.29 is 9.53 Å². The monoisotopic (exact) mass is 336 g/mol. The average molecular weight is 336 g/mol. The lowest BCUT2D eigenvalue weighted by Gasteiger charge is -2.36. The van der Waals surface area contributed by atoms with E-state index in [1.807, 2.05) is 0 Å². The van der Waals surface area contributed by atoms with Crippen LogP contribution in [0.2, 0.25) is 0 Å². The predicted molar refractivity (Wildman–Crippen MR) is 89.6 cm³/mol. The lowest BCUT2D eigenvalue weighted by molar-refractivity contribution is 0.00719. The van der Waals surface area contributed by atoms with Crippen LogP contribution in [0, 0.1) is 5.92 Å². The van der Waals surface area contributed by atoms with Crippen LogP contribution in [-0.4, -0.2) is 64.6 Å². The number of aromatic nitrogens is 3. The van der Waals surface area contributed by atoms with Crippen LogP contribution in [0.15, 0.2) is 0 Å². The molecule has 1 aromatic rings. The van der Waals surface area contributed by atoms with Gasteiger partial charge in [-0.25, -0.2) is 4.79 Å². The van der Waals surface area contributed by atoms with Crippen LogP contribution in [0.3, 0.4) is 0 Å². The molecule has 3 rings (SSSR count). The highest BCUT2D eigenvalue weighted by Gasteiger charge is 2.24. The Balaban J connectivity index is 1.45. The summed E-state index contributed by atoms with van der Waals surface area (Å²) in [6.45, 7) is 9.80. The summed E-state index contributed by atoms with van der Waals surface area (Å²) >= 11 is 0. The van der Waals surface area contributed by atoms with Gasteiger partial charge in [-0.05, 0) is 12.3 Å². The van der Waals surface area contributed by atoms with Gasteiger partial charge in [0.2, 0.25) is 0 Å². The van der Waals surface area contributed by atoms with Crippen LogP contribution in [0.1, 0.15) is 31.9 Å². The van der Waals surface area contributed by atoms with Crippen molar-refractivity contribution in [2.75, 3.05) is 32.8 Å². The summed E-state index contributed by atoms with van der Waals surface area (Å²) in [7, 11) is 0. The van der Waals surface area contributed by atoms with Gasteiger partial charge in [-0.2, -0.15) is 0 Å². The normalized spacial score (nSPS) is 19.3. The Bertz CT molecular complexity index is 553. The molecule has 8 heteroatoms. The molecule has 1 saturated heterocycles. The zero-order valence-corrected chi connectivity index (χ0v) is 14.6. The molecule has 0 radical (unpaired) electrons. The van der Waals surface area contributed by atoms with Crippen molar-refractivity contribution in [1.82, 2.24) is 30.3 Å². The zero-order chi connectivity index (χ0) is 16.9. The molecule has 134 valence electrons. The molecule has 2 N–H and O–H groups in total. The van der Waals surface area contributed by atoms with Crippen molar-refractivity contribution >= 4 is 6.03 Å². The van der Waals surface area contributed by atoms with Gasteiger partial charge >= 0.3 is 6.03 Å². The highest BCUT2D eigenvalue weighted by atomic mass is 16.5. The van der Waals surface area contributed by atoms with E-state index < -0.39 is 0 Å². The van der Waals surface area contributed by atoms with Gasteiger partial charge in [0, 0.05) is 38.6 Å². The van der Waals surface area contributed by atoms with Gasteiger partial charge in [0.25, 0.3) is 0 Å². The average Bonchev–Trinajstić information content (AvgIpc) is 3.17. The fraction of sp³-hybridized carbons (Fsp3) is 0.812. The van der Waals surface area contributed by atoms with Crippen LogP contribution < -0.4 is 10.6 Å². The number of carbonyl (C=O) groups is 1. The molecule has 1 atom stereocenters. The fourth-order valence-corrected chi connectivity index (χ4v) is 3.46. The number of amides is 2. The highest BCUT2D eigenvalue weighted by Crippen LogP contribution is 2.14. The largest absolute Gasteiger partial charge is 0.379 e. The lowest BCUT2D eigenvalue weighted by Crippen LogP contribution is -2.52. The fourth-order valence-electron chi connectivity index (χ4n) is 3.46. The van der Waals surface area contributed by atoms with E-state index in [2.05, 4.69) is 44.1 Å². The van der Waals surface area contributed by atoms with Crippen LogP contribution in [0.5, 0.6) is 0 Å². The van der Waals surface area contributed by atoms with Crippen molar-refractivity contribution in [1.29, 1.82) is 0 Å². The third-order valence-electron chi connectivity index (χ3n) is 4.85. The third-order valence-corrected chi connectivity index (χ3v) is 4.85. The zero-order valence-electron chi connectivity index (χ0n) is 14.6. The number of rotatable bonds is 6. The second-order valence-electron chi connectivity index (χ2n) is 6.81. The molecule has 8 nitrogen and oxygen atoms in total. The Morgan fingerprint density at radius 1 is 1.21 bits per heavy atom. The van der Waals surface area contributed by atoms with Crippen molar-refractivity contribution in [2.45, 2.75) is 45.8 Å². The van der Waals surface area contributed by atoms with Crippen LogP contribution in [0.25, 0.3) is 0 Å². The Labute approximate surface area is 142 Å². The number of aryl methyl sites for hydroxylation is 1. The maximum Gasteiger partial charge on any atom is 0.315 e. The number of hydrogen-bond donors (Lipinski definition) is 2. The van der Waals surface area contributed by atoms with Gasteiger partial charge in [0.1, 0.15) is 5.82 Å². The van der Waals surface area contributed by atoms with Crippen molar-refractivity contribution in [3.05, 3.63) is 11.6 Å². The Morgan fingerprint density at radius 3 is 2.75 bits per heavy atom. The first kappa shape index (κ1) is 17.2. The molecule has 0 aromatic carbocycles. The molecule has 2 aliphatic rings. The Kier molecular flexibility index (Phi) is 5.68. The molecule has 0 aliphatic carbocycles. The predicted octanol–water partition coefficient (Wildman–Crippen LogP) is 0.380. The van der Waals surface area contributed by atoms with E-state index in [1.54, 1.807) is 0 Å². The highest BCUT2D eigenvalue weighted by molar-refractivity contribution is 5.73. The van der Waals surface area contributed by atoms with Crippen LogP contribution in [0.4, 0.5) is 4.79 Å². The Morgan fingerprint density at radius 2 is 2.00 bits per heavy atom. The first-order chi connectivity index (χ1) is 11.6.